The van der Waals surface area contributed by atoms with Crippen molar-refractivity contribution in [3.05, 3.63) is 23.8 Å². The van der Waals surface area contributed by atoms with Gasteiger partial charge in [-0.05, 0) is 37.4 Å². The average Bonchev–Trinajstić information content (AvgIpc) is 3.11. The molecule has 1 saturated heterocycles. The second-order valence-corrected chi connectivity index (χ2v) is 5.74. The molecule has 2 atom stereocenters. The van der Waals surface area contributed by atoms with E-state index in [9.17, 15) is 14.6 Å². The van der Waals surface area contributed by atoms with Crippen LogP contribution in [-0.4, -0.2) is 48.7 Å². The maximum absolute atomic E-state index is 12.5. The van der Waals surface area contributed by atoms with Gasteiger partial charge in [-0.15, -0.1) is 0 Å². The molecule has 0 aromatic heterocycles. The number of nitrogens with zero attached hydrogens (tertiary/aromatic N) is 1. The number of fused-ring (bicyclic) bond motifs is 1. The zero-order chi connectivity index (χ0) is 16.6. The predicted octanol–water partition coefficient (Wildman–Crippen LogP) is 0.458. The Morgan fingerprint density at radius 2 is 2.17 bits per heavy atom. The molecule has 1 N–H and O–H groups in total. The number of esters is 1. The zero-order valence-electron chi connectivity index (χ0n) is 13.0. The van der Waals surface area contributed by atoms with Crippen molar-refractivity contribution in [1.29, 1.82) is 0 Å². The van der Waals surface area contributed by atoms with Gasteiger partial charge in [-0.25, -0.2) is 4.79 Å². The fourth-order valence-electron chi connectivity index (χ4n) is 3.16. The highest BCUT2D eigenvalue weighted by atomic mass is 16.7. The van der Waals surface area contributed by atoms with E-state index >= 15 is 0 Å². The number of hydrogen-bond donors (Lipinski definition) is 1. The highest BCUT2D eigenvalue weighted by Gasteiger charge is 2.46. The Balaban J connectivity index is 1.78. The Morgan fingerprint density at radius 3 is 2.87 bits per heavy atom. The fourth-order valence-corrected chi connectivity index (χ4v) is 3.16. The molecule has 1 fully saturated rings. The molecular weight excluding hydrogens is 301 g/mol. The smallest absolute Gasteiger partial charge is 0.412 e. The van der Waals surface area contributed by atoms with Crippen molar-refractivity contribution in [2.45, 2.75) is 25.7 Å². The number of ether oxygens (including phenoxy) is 3. The predicted molar refractivity (Wildman–Crippen MR) is 80.9 cm³/mol. The third-order valence-electron chi connectivity index (χ3n) is 4.24. The summed E-state index contributed by atoms with van der Waals surface area (Å²) in [6.07, 6.45) is 0.789. The van der Waals surface area contributed by atoms with Gasteiger partial charge >= 0.3 is 13.0 Å². The molecule has 0 aliphatic carbocycles. The molecule has 0 spiro atoms. The minimum absolute atomic E-state index is 0.196. The van der Waals surface area contributed by atoms with Gasteiger partial charge in [-0.1, -0.05) is 6.07 Å². The van der Waals surface area contributed by atoms with E-state index < -0.39 is 19.1 Å². The van der Waals surface area contributed by atoms with E-state index in [1.165, 1.54) is 18.7 Å². The van der Waals surface area contributed by atoms with Crippen molar-refractivity contribution in [1.82, 2.24) is 4.81 Å². The van der Waals surface area contributed by atoms with E-state index in [-0.39, 0.29) is 18.6 Å². The van der Waals surface area contributed by atoms with E-state index in [1.807, 2.05) is 12.1 Å². The first-order valence-corrected chi connectivity index (χ1v) is 7.48. The van der Waals surface area contributed by atoms with Crippen molar-refractivity contribution in [2.75, 3.05) is 13.9 Å². The molecule has 2 aliphatic heterocycles. The van der Waals surface area contributed by atoms with E-state index in [0.29, 0.717) is 24.3 Å². The largest absolute Gasteiger partial charge is 0.468 e. The second-order valence-electron chi connectivity index (χ2n) is 5.74. The van der Waals surface area contributed by atoms with E-state index in [1.54, 1.807) is 6.07 Å². The Labute approximate surface area is 134 Å². The van der Waals surface area contributed by atoms with Crippen molar-refractivity contribution in [3.63, 3.8) is 0 Å². The van der Waals surface area contributed by atoms with E-state index in [2.05, 4.69) is 0 Å². The Morgan fingerprint density at radius 1 is 1.43 bits per heavy atom. The molecule has 1 unspecified atom stereocenters. The second kappa shape index (κ2) is 6.12. The van der Waals surface area contributed by atoms with Gasteiger partial charge in [0.25, 0.3) is 0 Å². The van der Waals surface area contributed by atoms with Gasteiger partial charge in [0.05, 0.1) is 7.11 Å². The number of rotatable bonds is 4. The van der Waals surface area contributed by atoms with Gasteiger partial charge in [0.15, 0.2) is 11.5 Å². The zero-order valence-corrected chi connectivity index (χ0v) is 13.0. The lowest BCUT2D eigenvalue weighted by Crippen LogP contribution is -2.47. The van der Waals surface area contributed by atoms with Gasteiger partial charge in [-0.3, -0.25) is 4.79 Å². The van der Waals surface area contributed by atoms with E-state index in [4.69, 9.17) is 14.2 Å². The van der Waals surface area contributed by atoms with Crippen LogP contribution in [-0.2, 0) is 20.7 Å². The molecule has 7 nitrogen and oxygen atoms in total. The van der Waals surface area contributed by atoms with Crippen molar-refractivity contribution >= 4 is 18.9 Å². The van der Waals surface area contributed by atoms with Gasteiger partial charge in [0, 0.05) is 5.92 Å². The van der Waals surface area contributed by atoms with Crippen LogP contribution in [0.25, 0.3) is 0 Å². The molecule has 0 radical (unpaired) electrons. The molecule has 2 heterocycles. The number of benzene rings is 1. The summed E-state index contributed by atoms with van der Waals surface area (Å²) in [6.45, 7) is 1.66. The Hall–Kier alpha value is -2.22. The SMILES string of the molecule is COC(=O)[C@@H]1CC(Cc2ccc3c(c2)OCO3)C(=O)N1B(C)O. The molecule has 8 heteroatoms. The van der Waals surface area contributed by atoms with Crippen LogP contribution < -0.4 is 9.47 Å². The Bertz CT molecular complexity index is 634. The molecule has 1 amide bonds. The van der Waals surface area contributed by atoms with Crippen LogP contribution in [0, 0.1) is 5.92 Å². The summed E-state index contributed by atoms with van der Waals surface area (Å²) < 4.78 is 15.3. The van der Waals surface area contributed by atoms with Gasteiger partial charge in [-0.2, -0.15) is 0 Å². The van der Waals surface area contributed by atoms with Crippen LogP contribution in [0.3, 0.4) is 0 Å². The van der Waals surface area contributed by atoms with Crippen molar-refractivity contribution < 1.29 is 28.8 Å². The third kappa shape index (κ3) is 2.86. The molecule has 0 saturated carbocycles. The first-order valence-electron chi connectivity index (χ1n) is 7.48. The summed E-state index contributed by atoms with van der Waals surface area (Å²) in [5, 5.41) is 9.81. The normalized spacial score (nSPS) is 22.4. The molecular formula is C15H18BNO6. The molecule has 0 bridgehead atoms. The van der Waals surface area contributed by atoms with E-state index in [0.717, 1.165) is 5.56 Å². The standard InChI is InChI=1S/C15H18BNO6/c1-16(20)17-11(15(19)21-2)7-10(14(17)18)5-9-3-4-12-13(6-9)23-8-22-12/h3-4,6,10-11,20H,5,7-8H2,1-2H3/t10?,11-/m0/s1. The summed E-state index contributed by atoms with van der Waals surface area (Å²) in [7, 11) is 0.242. The monoisotopic (exact) mass is 319 g/mol. The van der Waals surface area contributed by atoms with Crippen LogP contribution in [0.2, 0.25) is 6.82 Å². The lowest BCUT2D eigenvalue weighted by Gasteiger charge is -2.23. The van der Waals surface area contributed by atoms with Crippen molar-refractivity contribution in [2.24, 2.45) is 5.92 Å². The number of methoxy groups -OCH3 is 1. The Kier molecular flexibility index (Phi) is 4.17. The summed E-state index contributed by atoms with van der Waals surface area (Å²) >= 11 is 0. The first kappa shape index (κ1) is 15.7. The minimum atomic E-state index is -1.03. The molecule has 2 aliphatic rings. The molecule has 1 aromatic rings. The number of carbonyl (C=O) groups is 2. The summed E-state index contributed by atoms with van der Waals surface area (Å²) in [5.74, 6) is 0.212. The van der Waals surface area contributed by atoms with Crippen LogP contribution in [0.5, 0.6) is 11.5 Å². The highest BCUT2D eigenvalue weighted by molar-refractivity contribution is 6.50. The summed E-state index contributed by atoms with van der Waals surface area (Å²) in [4.78, 5) is 25.6. The van der Waals surface area contributed by atoms with Crippen molar-refractivity contribution in [3.8, 4) is 11.5 Å². The molecule has 23 heavy (non-hydrogen) atoms. The third-order valence-corrected chi connectivity index (χ3v) is 4.24. The van der Waals surface area contributed by atoms with Crippen LogP contribution >= 0.6 is 0 Å². The summed E-state index contributed by atoms with van der Waals surface area (Å²) in [6, 6.07) is 4.78. The van der Waals surface area contributed by atoms with Gasteiger partial charge in [0.1, 0.15) is 6.04 Å². The maximum Gasteiger partial charge on any atom is 0.412 e. The lowest BCUT2D eigenvalue weighted by atomic mass is 9.84. The number of carbonyl (C=O) groups excluding carboxylic acids is 2. The average molecular weight is 319 g/mol. The quantitative estimate of drug-likeness (QED) is 0.641. The fraction of sp³-hybridized carbons (Fsp3) is 0.467. The molecule has 3 rings (SSSR count). The lowest BCUT2D eigenvalue weighted by molar-refractivity contribution is -0.146. The van der Waals surface area contributed by atoms with Gasteiger partial charge < -0.3 is 24.0 Å². The van der Waals surface area contributed by atoms with Crippen LogP contribution in [0.1, 0.15) is 12.0 Å². The first-order chi connectivity index (χ1) is 11.0. The molecule has 1 aromatic carbocycles. The molecule has 122 valence electrons. The van der Waals surface area contributed by atoms with Gasteiger partial charge in [0.2, 0.25) is 12.7 Å². The van der Waals surface area contributed by atoms with Crippen LogP contribution in [0.15, 0.2) is 18.2 Å². The minimum Gasteiger partial charge on any atom is -0.468 e. The highest BCUT2D eigenvalue weighted by Crippen LogP contribution is 2.35. The maximum atomic E-state index is 12.5. The number of amides is 1. The summed E-state index contributed by atoms with van der Waals surface area (Å²) in [5.41, 5.74) is 0.920. The topological polar surface area (TPSA) is 85.3 Å². The van der Waals surface area contributed by atoms with Crippen LogP contribution in [0.4, 0.5) is 0 Å². The number of hydrogen-bond acceptors (Lipinski definition) is 6.